The molecule has 25 heavy (non-hydrogen) atoms. The monoisotopic (exact) mass is 345 g/mol. The van der Waals surface area contributed by atoms with Crippen molar-refractivity contribution in [3.63, 3.8) is 0 Å². The summed E-state index contributed by atoms with van der Waals surface area (Å²) in [5.41, 5.74) is 1.40. The maximum absolute atomic E-state index is 12.1. The summed E-state index contributed by atoms with van der Waals surface area (Å²) in [6.07, 6.45) is 0. The van der Waals surface area contributed by atoms with Gasteiger partial charge in [-0.05, 0) is 13.0 Å². The molecular weight excluding hydrogens is 326 g/mol. The molecule has 1 aromatic carbocycles. The van der Waals surface area contributed by atoms with Gasteiger partial charge in [-0.1, -0.05) is 16.4 Å². The Morgan fingerprint density at radius 1 is 1.48 bits per heavy atom. The molecule has 0 unspecified atom stereocenters. The molecule has 0 amide bonds. The lowest BCUT2D eigenvalue weighted by molar-refractivity contribution is -0.151. The second-order valence-electron chi connectivity index (χ2n) is 6.67. The number of carbonyl (C=O) groups is 1. The van der Waals surface area contributed by atoms with E-state index in [1.54, 1.807) is 7.11 Å². The van der Waals surface area contributed by atoms with Crippen LogP contribution in [0.5, 0.6) is 11.5 Å². The van der Waals surface area contributed by atoms with Gasteiger partial charge in [-0.3, -0.25) is 9.69 Å². The van der Waals surface area contributed by atoms with E-state index in [0.29, 0.717) is 31.1 Å². The highest BCUT2D eigenvalue weighted by Crippen LogP contribution is 2.50. The lowest BCUT2D eigenvalue weighted by Gasteiger charge is -2.36. The maximum Gasteiger partial charge on any atom is 0.315 e. The SMILES string of the molecule is COc1ccc2c(c1)OC[C@]1(C(=O)O)CN(Cc3nonc3C)C[C@H]21. The van der Waals surface area contributed by atoms with Crippen LogP contribution in [-0.2, 0) is 11.3 Å². The van der Waals surface area contributed by atoms with E-state index in [1.807, 2.05) is 25.1 Å². The predicted octanol–water partition coefficient (Wildman–Crippen LogP) is 1.45. The fourth-order valence-electron chi connectivity index (χ4n) is 3.81. The van der Waals surface area contributed by atoms with Gasteiger partial charge in [-0.25, -0.2) is 4.63 Å². The molecular formula is C17H19N3O5. The Balaban J connectivity index is 1.67. The van der Waals surface area contributed by atoms with Gasteiger partial charge in [0.25, 0.3) is 0 Å². The van der Waals surface area contributed by atoms with Crippen LogP contribution in [0.15, 0.2) is 22.8 Å². The number of benzene rings is 1. The number of rotatable bonds is 4. The highest BCUT2D eigenvalue weighted by atomic mass is 16.6. The van der Waals surface area contributed by atoms with Gasteiger partial charge >= 0.3 is 5.97 Å². The highest BCUT2D eigenvalue weighted by Gasteiger charge is 2.56. The summed E-state index contributed by atoms with van der Waals surface area (Å²) >= 11 is 0. The van der Waals surface area contributed by atoms with E-state index in [0.717, 1.165) is 17.0 Å². The smallest absolute Gasteiger partial charge is 0.315 e. The number of aryl methyl sites for hydroxylation is 1. The molecule has 0 saturated carbocycles. The number of aliphatic carboxylic acids is 1. The van der Waals surface area contributed by atoms with Crippen LogP contribution in [0.2, 0.25) is 0 Å². The molecule has 0 bridgehead atoms. The molecule has 2 atom stereocenters. The zero-order valence-electron chi connectivity index (χ0n) is 14.1. The second-order valence-corrected chi connectivity index (χ2v) is 6.67. The summed E-state index contributed by atoms with van der Waals surface area (Å²) in [6, 6.07) is 5.56. The van der Waals surface area contributed by atoms with Gasteiger partial charge in [-0.15, -0.1) is 0 Å². The van der Waals surface area contributed by atoms with Crippen LogP contribution in [0.3, 0.4) is 0 Å². The number of hydrogen-bond donors (Lipinski definition) is 1. The predicted molar refractivity (Wildman–Crippen MR) is 85.6 cm³/mol. The Kier molecular flexibility index (Phi) is 3.64. The largest absolute Gasteiger partial charge is 0.497 e. The third-order valence-electron chi connectivity index (χ3n) is 5.24. The topological polar surface area (TPSA) is 97.9 Å². The van der Waals surface area contributed by atoms with Crippen LogP contribution in [-0.4, -0.2) is 53.1 Å². The van der Waals surface area contributed by atoms with E-state index in [2.05, 4.69) is 15.2 Å². The van der Waals surface area contributed by atoms with Crippen molar-refractivity contribution in [2.45, 2.75) is 19.4 Å². The first kappa shape index (κ1) is 15.9. The average molecular weight is 345 g/mol. The van der Waals surface area contributed by atoms with Crippen LogP contribution in [0.25, 0.3) is 0 Å². The van der Waals surface area contributed by atoms with Crippen LogP contribution in [0.4, 0.5) is 0 Å². The van der Waals surface area contributed by atoms with Gasteiger partial charge in [0.15, 0.2) is 0 Å². The zero-order valence-corrected chi connectivity index (χ0v) is 14.1. The molecule has 8 nitrogen and oxygen atoms in total. The Morgan fingerprint density at radius 3 is 3.00 bits per heavy atom. The number of ether oxygens (including phenoxy) is 2. The fourth-order valence-corrected chi connectivity index (χ4v) is 3.81. The van der Waals surface area contributed by atoms with Gasteiger partial charge in [0.1, 0.15) is 34.9 Å². The summed E-state index contributed by atoms with van der Waals surface area (Å²) in [7, 11) is 1.59. The number of methoxy groups -OCH3 is 1. The summed E-state index contributed by atoms with van der Waals surface area (Å²) in [5.74, 6) is 0.402. The Labute approximate surface area is 144 Å². The molecule has 3 heterocycles. The molecule has 8 heteroatoms. The number of carboxylic acids is 1. The molecule has 132 valence electrons. The lowest BCUT2D eigenvalue weighted by atomic mass is 9.73. The molecule has 0 radical (unpaired) electrons. The number of hydrogen-bond acceptors (Lipinski definition) is 7. The third-order valence-corrected chi connectivity index (χ3v) is 5.24. The van der Waals surface area contributed by atoms with Gasteiger partial charge in [0.05, 0.1) is 7.11 Å². The quantitative estimate of drug-likeness (QED) is 0.889. The molecule has 4 rings (SSSR count). The summed E-state index contributed by atoms with van der Waals surface area (Å²) in [6.45, 7) is 3.48. The minimum atomic E-state index is -0.966. The highest BCUT2D eigenvalue weighted by molar-refractivity contribution is 5.78. The first-order chi connectivity index (χ1) is 12.0. The van der Waals surface area contributed by atoms with E-state index in [-0.39, 0.29) is 12.5 Å². The molecule has 2 aliphatic heterocycles. The average Bonchev–Trinajstić information content (AvgIpc) is 3.19. The first-order valence-corrected chi connectivity index (χ1v) is 8.08. The summed E-state index contributed by atoms with van der Waals surface area (Å²) < 4.78 is 15.8. The van der Waals surface area contributed by atoms with E-state index >= 15 is 0 Å². The van der Waals surface area contributed by atoms with Crippen LogP contribution in [0.1, 0.15) is 22.9 Å². The first-order valence-electron chi connectivity index (χ1n) is 8.08. The van der Waals surface area contributed by atoms with E-state index in [1.165, 1.54) is 0 Å². The Hall–Kier alpha value is -2.61. The zero-order chi connectivity index (χ0) is 17.6. The van der Waals surface area contributed by atoms with Gasteiger partial charge in [-0.2, -0.15) is 0 Å². The van der Waals surface area contributed by atoms with E-state index in [4.69, 9.17) is 14.1 Å². The van der Waals surface area contributed by atoms with Crippen molar-refractivity contribution in [2.75, 3.05) is 26.8 Å². The van der Waals surface area contributed by atoms with E-state index < -0.39 is 11.4 Å². The normalized spacial score (nSPS) is 25.1. The number of fused-ring (bicyclic) bond motifs is 3. The van der Waals surface area contributed by atoms with Crippen LogP contribution >= 0.6 is 0 Å². The van der Waals surface area contributed by atoms with Crippen LogP contribution in [0, 0.1) is 12.3 Å². The maximum atomic E-state index is 12.1. The Bertz CT molecular complexity index is 820. The second kappa shape index (κ2) is 5.73. The molecule has 1 fully saturated rings. The van der Waals surface area contributed by atoms with Crippen LogP contribution < -0.4 is 9.47 Å². The molecule has 1 saturated heterocycles. The van der Waals surface area contributed by atoms with Crippen molar-refractivity contribution in [1.82, 2.24) is 15.2 Å². The van der Waals surface area contributed by atoms with Crippen molar-refractivity contribution in [3.05, 3.63) is 35.2 Å². The van der Waals surface area contributed by atoms with Crippen molar-refractivity contribution in [3.8, 4) is 11.5 Å². The van der Waals surface area contributed by atoms with E-state index in [9.17, 15) is 9.90 Å². The third kappa shape index (κ3) is 2.44. The van der Waals surface area contributed by atoms with Gasteiger partial charge in [0, 0.05) is 37.2 Å². The van der Waals surface area contributed by atoms with Crippen molar-refractivity contribution in [2.24, 2.45) is 5.41 Å². The molecule has 0 spiro atoms. The minimum absolute atomic E-state index is 0.139. The summed E-state index contributed by atoms with van der Waals surface area (Å²) in [4.78, 5) is 14.2. The lowest BCUT2D eigenvalue weighted by Crippen LogP contribution is -2.45. The number of aromatic nitrogens is 2. The van der Waals surface area contributed by atoms with Gasteiger partial charge in [0.2, 0.25) is 0 Å². The van der Waals surface area contributed by atoms with Crippen molar-refractivity contribution < 1.29 is 24.0 Å². The number of carboxylic acid groups (broad SMARTS) is 1. The van der Waals surface area contributed by atoms with Crippen molar-refractivity contribution in [1.29, 1.82) is 0 Å². The molecule has 0 aliphatic carbocycles. The minimum Gasteiger partial charge on any atom is -0.497 e. The molecule has 2 aromatic rings. The molecule has 1 N–H and O–H groups in total. The Morgan fingerprint density at radius 2 is 2.32 bits per heavy atom. The molecule has 2 aliphatic rings. The molecule has 1 aromatic heterocycles. The number of nitrogens with zero attached hydrogens (tertiary/aromatic N) is 3. The van der Waals surface area contributed by atoms with Gasteiger partial charge < -0.3 is 14.6 Å². The summed E-state index contributed by atoms with van der Waals surface area (Å²) in [5, 5.41) is 17.6. The van der Waals surface area contributed by atoms with Crippen molar-refractivity contribution >= 4 is 5.97 Å². The fraction of sp³-hybridized carbons (Fsp3) is 0.471. The number of likely N-dealkylation sites (tertiary alicyclic amines) is 1. The standard InChI is InChI=1S/C17H19N3O5/c1-10-14(19-25-18-10)7-20-6-13-12-4-3-11(23-2)5-15(12)24-9-17(13,8-20)16(21)22/h3-5,13H,6-9H2,1-2H3,(H,21,22)/t13-,17-/m1/s1.